The number of hydrogen-bond donors (Lipinski definition) is 1. The Labute approximate surface area is 123 Å². The van der Waals surface area contributed by atoms with Crippen LogP contribution in [0.3, 0.4) is 0 Å². The molecule has 2 unspecified atom stereocenters. The molecule has 1 aliphatic heterocycles. The van der Waals surface area contributed by atoms with Gasteiger partial charge in [0.05, 0.1) is 5.60 Å². The number of rotatable bonds is 2. The van der Waals surface area contributed by atoms with Gasteiger partial charge in [-0.15, -0.1) is 0 Å². The molecule has 19 heavy (non-hydrogen) atoms. The van der Waals surface area contributed by atoms with Gasteiger partial charge in [-0.2, -0.15) is 0 Å². The van der Waals surface area contributed by atoms with E-state index >= 15 is 0 Å². The monoisotopic (exact) mass is 324 g/mol. The highest BCUT2D eigenvalue weighted by molar-refractivity contribution is 9.10. The summed E-state index contributed by atoms with van der Waals surface area (Å²) in [6.07, 6.45) is 10.9. The highest BCUT2D eigenvalue weighted by Gasteiger charge is 2.41. The van der Waals surface area contributed by atoms with Crippen LogP contribution < -0.4 is 5.73 Å². The molecule has 2 heterocycles. The molecule has 3 rings (SSSR count). The molecule has 1 saturated carbocycles. The minimum atomic E-state index is 0.0753. The van der Waals surface area contributed by atoms with Gasteiger partial charge in [-0.3, -0.25) is 4.98 Å². The Morgan fingerprint density at radius 3 is 2.89 bits per heavy atom. The van der Waals surface area contributed by atoms with Crippen LogP contribution in [0.4, 0.5) is 0 Å². The molecule has 2 aliphatic rings. The lowest BCUT2D eigenvalue weighted by atomic mass is 9.79. The average Bonchev–Trinajstić information content (AvgIpc) is 2.86. The molecule has 0 amide bonds. The van der Waals surface area contributed by atoms with Crippen LogP contribution in [-0.2, 0) is 4.74 Å². The summed E-state index contributed by atoms with van der Waals surface area (Å²) < 4.78 is 7.09. The molecular weight excluding hydrogens is 304 g/mol. The third-order valence-electron chi connectivity index (χ3n) is 4.66. The Kier molecular flexibility index (Phi) is 3.92. The van der Waals surface area contributed by atoms with E-state index < -0.39 is 0 Å². The highest BCUT2D eigenvalue weighted by Crippen LogP contribution is 2.44. The van der Waals surface area contributed by atoms with Crippen LogP contribution in [0.1, 0.15) is 50.1 Å². The molecule has 2 N–H and O–H groups in total. The molecule has 0 bridgehead atoms. The van der Waals surface area contributed by atoms with Gasteiger partial charge in [0.25, 0.3) is 0 Å². The summed E-state index contributed by atoms with van der Waals surface area (Å²) >= 11 is 3.47. The van der Waals surface area contributed by atoms with Gasteiger partial charge in [0.1, 0.15) is 0 Å². The maximum absolute atomic E-state index is 6.47. The summed E-state index contributed by atoms with van der Waals surface area (Å²) in [5, 5.41) is 0. The van der Waals surface area contributed by atoms with Crippen molar-refractivity contribution in [2.24, 2.45) is 11.7 Å². The highest BCUT2D eigenvalue weighted by atomic mass is 79.9. The van der Waals surface area contributed by atoms with Gasteiger partial charge < -0.3 is 10.5 Å². The third kappa shape index (κ3) is 2.86. The van der Waals surface area contributed by atoms with Crippen LogP contribution in [0.25, 0.3) is 0 Å². The zero-order chi connectivity index (χ0) is 13.3. The summed E-state index contributed by atoms with van der Waals surface area (Å²) in [5.41, 5.74) is 7.75. The lowest BCUT2D eigenvalue weighted by Crippen LogP contribution is -2.40. The molecule has 4 heteroatoms. The standard InChI is InChI=1S/C15H21BrN2O/c16-13-7-12(9-18-10-13)14(17)11-3-6-19-15(8-11)4-1-2-5-15/h7,9-11,14H,1-6,8,17H2. The van der Waals surface area contributed by atoms with Crippen molar-refractivity contribution in [3.05, 3.63) is 28.5 Å². The number of ether oxygens (including phenoxy) is 1. The van der Waals surface area contributed by atoms with Crippen LogP contribution in [0.5, 0.6) is 0 Å². The fourth-order valence-corrected chi connectivity index (χ4v) is 4.01. The van der Waals surface area contributed by atoms with Crippen molar-refractivity contribution < 1.29 is 4.74 Å². The van der Waals surface area contributed by atoms with Crippen LogP contribution >= 0.6 is 15.9 Å². The van der Waals surface area contributed by atoms with Crippen LogP contribution in [0.2, 0.25) is 0 Å². The van der Waals surface area contributed by atoms with Gasteiger partial charge in [-0.1, -0.05) is 12.8 Å². The van der Waals surface area contributed by atoms with E-state index in [-0.39, 0.29) is 11.6 Å². The van der Waals surface area contributed by atoms with Gasteiger partial charge in [0.2, 0.25) is 0 Å². The molecular formula is C15H21BrN2O. The lowest BCUT2D eigenvalue weighted by molar-refractivity contribution is -0.0964. The Morgan fingerprint density at radius 2 is 2.16 bits per heavy atom. The number of aromatic nitrogens is 1. The molecule has 1 aromatic heterocycles. The van der Waals surface area contributed by atoms with Crippen molar-refractivity contribution in [1.29, 1.82) is 0 Å². The quantitative estimate of drug-likeness (QED) is 0.904. The summed E-state index contributed by atoms with van der Waals surface area (Å²) in [7, 11) is 0. The van der Waals surface area contributed by atoms with Crippen molar-refractivity contribution in [2.75, 3.05) is 6.61 Å². The summed E-state index contributed by atoms with van der Waals surface area (Å²) in [5.74, 6) is 0.517. The van der Waals surface area contributed by atoms with Gasteiger partial charge in [-0.25, -0.2) is 0 Å². The Balaban J connectivity index is 1.74. The third-order valence-corrected chi connectivity index (χ3v) is 5.10. The number of nitrogens with two attached hydrogens (primary N) is 1. The van der Waals surface area contributed by atoms with E-state index in [2.05, 4.69) is 27.0 Å². The van der Waals surface area contributed by atoms with Crippen LogP contribution in [0.15, 0.2) is 22.9 Å². The summed E-state index contributed by atoms with van der Waals surface area (Å²) in [6, 6.07) is 2.17. The lowest BCUT2D eigenvalue weighted by Gasteiger charge is -2.40. The van der Waals surface area contributed by atoms with E-state index in [0.29, 0.717) is 5.92 Å². The van der Waals surface area contributed by atoms with Crippen LogP contribution in [-0.4, -0.2) is 17.2 Å². The molecule has 1 saturated heterocycles. The molecule has 0 radical (unpaired) electrons. The van der Waals surface area contributed by atoms with E-state index in [0.717, 1.165) is 29.5 Å². The fourth-order valence-electron chi connectivity index (χ4n) is 3.62. The smallest absolute Gasteiger partial charge is 0.0685 e. The predicted molar refractivity (Wildman–Crippen MR) is 78.7 cm³/mol. The second kappa shape index (κ2) is 5.51. The largest absolute Gasteiger partial charge is 0.375 e. The topological polar surface area (TPSA) is 48.1 Å². The first-order valence-electron chi connectivity index (χ1n) is 7.19. The molecule has 2 atom stereocenters. The van der Waals surface area contributed by atoms with Crippen molar-refractivity contribution in [3.8, 4) is 0 Å². The minimum Gasteiger partial charge on any atom is -0.375 e. The van der Waals surface area contributed by atoms with Gasteiger partial charge in [0, 0.05) is 29.5 Å². The van der Waals surface area contributed by atoms with E-state index in [1.54, 1.807) is 6.20 Å². The molecule has 1 spiro atoms. The molecule has 3 nitrogen and oxygen atoms in total. The molecule has 104 valence electrons. The molecule has 1 aromatic rings. The first-order valence-corrected chi connectivity index (χ1v) is 7.98. The van der Waals surface area contributed by atoms with Gasteiger partial charge in [-0.05, 0) is 59.2 Å². The maximum atomic E-state index is 6.47. The SMILES string of the molecule is NC(c1cncc(Br)c1)C1CCOC2(CCCC2)C1. The normalized spacial score (nSPS) is 27.6. The fraction of sp³-hybridized carbons (Fsp3) is 0.667. The Morgan fingerprint density at radius 1 is 1.37 bits per heavy atom. The van der Waals surface area contributed by atoms with Gasteiger partial charge >= 0.3 is 0 Å². The first kappa shape index (κ1) is 13.5. The van der Waals surface area contributed by atoms with Crippen molar-refractivity contribution in [1.82, 2.24) is 4.98 Å². The number of pyridine rings is 1. The number of hydrogen-bond acceptors (Lipinski definition) is 3. The second-order valence-corrected chi connectivity index (χ2v) is 6.87. The van der Waals surface area contributed by atoms with E-state index in [4.69, 9.17) is 10.5 Å². The van der Waals surface area contributed by atoms with Crippen molar-refractivity contribution in [3.63, 3.8) is 0 Å². The zero-order valence-electron chi connectivity index (χ0n) is 11.1. The second-order valence-electron chi connectivity index (χ2n) is 5.95. The molecule has 0 aromatic carbocycles. The number of nitrogens with zero attached hydrogens (tertiary/aromatic N) is 1. The number of halogens is 1. The van der Waals surface area contributed by atoms with Gasteiger partial charge in [0.15, 0.2) is 0 Å². The Bertz CT molecular complexity index is 446. The maximum Gasteiger partial charge on any atom is 0.0685 e. The average molecular weight is 325 g/mol. The van der Waals surface area contributed by atoms with E-state index in [1.165, 1.54) is 25.7 Å². The van der Waals surface area contributed by atoms with Crippen LogP contribution in [0, 0.1) is 5.92 Å². The van der Waals surface area contributed by atoms with E-state index in [9.17, 15) is 0 Å². The van der Waals surface area contributed by atoms with Crippen molar-refractivity contribution in [2.45, 2.75) is 50.2 Å². The predicted octanol–water partition coefficient (Wildman–Crippen LogP) is 3.58. The summed E-state index contributed by atoms with van der Waals surface area (Å²) in [6.45, 7) is 0.861. The minimum absolute atomic E-state index is 0.0753. The van der Waals surface area contributed by atoms with Crippen molar-refractivity contribution >= 4 is 15.9 Å². The Hall–Kier alpha value is -0.450. The zero-order valence-corrected chi connectivity index (χ0v) is 12.7. The first-order chi connectivity index (χ1) is 9.19. The summed E-state index contributed by atoms with van der Waals surface area (Å²) in [4.78, 5) is 4.23. The molecule has 1 aliphatic carbocycles. The van der Waals surface area contributed by atoms with E-state index in [1.807, 2.05) is 6.20 Å². The molecule has 2 fully saturated rings.